The maximum atomic E-state index is 11.0. The molecular formula is C15H18N4O2. The van der Waals surface area contributed by atoms with E-state index in [1.54, 1.807) is 12.3 Å². The molecule has 1 fully saturated rings. The third-order valence-corrected chi connectivity index (χ3v) is 3.63. The molecule has 1 aliphatic carbocycles. The van der Waals surface area contributed by atoms with Crippen LogP contribution in [0.5, 0.6) is 0 Å². The minimum absolute atomic E-state index is 0.0477. The summed E-state index contributed by atoms with van der Waals surface area (Å²) in [5.41, 5.74) is 1.38. The molecule has 2 N–H and O–H groups in total. The number of benzene rings is 1. The van der Waals surface area contributed by atoms with Gasteiger partial charge in [-0.25, -0.2) is 4.98 Å². The Kier molecular flexibility index (Phi) is 3.96. The Hall–Kier alpha value is -2.21. The number of hydrogen-bond donors (Lipinski definition) is 2. The van der Waals surface area contributed by atoms with Gasteiger partial charge in [-0.1, -0.05) is 12.1 Å². The lowest BCUT2D eigenvalue weighted by atomic mass is 10.1. The van der Waals surface area contributed by atoms with Crippen molar-refractivity contribution in [2.24, 2.45) is 0 Å². The van der Waals surface area contributed by atoms with Crippen LogP contribution in [-0.4, -0.2) is 29.0 Å². The van der Waals surface area contributed by atoms with Crippen LogP contribution in [0.25, 0.3) is 10.9 Å². The molecule has 1 aliphatic rings. The topological polar surface area (TPSA) is 80.1 Å². The average Bonchev–Trinajstić information content (AvgIpc) is 3.30. The zero-order valence-electron chi connectivity index (χ0n) is 11.7. The molecule has 110 valence electrons. The fourth-order valence-corrected chi connectivity index (χ4v) is 2.37. The molecule has 0 atom stereocenters. The van der Waals surface area contributed by atoms with E-state index in [1.165, 1.54) is 18.9 Å². The van der Waals surface area contributed by atoms with Crippen LogP contribution >= 0.6 is 0 Å². The third-order valence-electron chi connectivity index (χ3n) is 3.63. The Balaban J connectivity index is 1.69. The van der Waals surface area contributed by atoms with Gasteiger partial charge in [0.25, 0.3) is 5.69 Å². The first-order valence-electron chi connectivity index (χ1n) is 7.25. The molecule has 0 amide bonds. The summed E-state index contributed by atoms with van der Waals surface area (Å²) in [5.74, 6) is 0. The van der Waals surface area contributed by atoms with Crippen LogP contribution in [0.2, 0.25) is 0 Å². The lowest BCUT2D eigenvalue weighted by molar-refractivity contribution is -0.383. The molecule has 0 spiro atoms. The fourth-order valence-electron chi connectivity index (χ4n) is 2.37. The van der Waals surface area contributed by atoms with Crippen molar-refractivity contribution in [2.45, 2.75) is 25.3 Å². The Morgan fingerprint density at radius 1 is 1.29 bits per heavy atom. The molecule has 0 aliphatic heterocycles. The molecule has 21 heavy (non-hydrogen) atoms. The zero-order valence-corrected chi connectivity index (χ0v) is 11.7. The summed E-state index contributed by atoms with van der Waals surface area (Å²) in [6, 6.07) is 7.63. The number of rotatable bonds is 7. The van der Waals surface area contributed by atoms with E-state index in [9.17, 15) is 10.1 Å². The van der Waals surface area contributed by atoms with Gasteiger partial charge in [-0.05, 0) is 31.9 Å². The van der Waals surface area contributed by atoms with Gasteiger partial charge in [0.05, 0.1) is 4.92 Å². The second kappa shape index (κ2) is 6.05. The minimum atomic E-state index is -0.390. The number of nitrogens with zero attached hydrogens (tertiary/aromatic N) is 2. The van der Waals surface area contributed by atoms with Crippen LogP contribution in [0.3, 0.4) is 0 Å². The number of nitro groups is 1. The molecule has 1 aromatic carbocycles. The van der Waals surface area contributed by atoms with Crippen molar-refractivity contribution >= 4 is 22.3 Å². The molecular weight excluding hydrogens is 268 g/mol. The fraction of sp³-hybridized carbons (Fsp3) is 0.400. The lowest BCUT2D eigenvalue weighted by Crippen LogP contribution is -2.19. The van der Waals surface area contributed by atoms with Crippen molar-refractivity contribution in [1.82, 2.24) is 10.3 Å². The summed E-state index contributed by atoms with van der Waals surface area (Å²) in [6.45, 7) is 1.84. The Bertz CT molecular complexity index is 655. The Labute approximate surface area is 122 Å². The lowest BCUT2D eigenvalue weighted by Gasteiger charge is -2.09. The predicted octanol–water partition coefficient (Wildman–Crippen LogP) is 2.70. The van der Waals surface area contributed by atoms with Crippen molar-refractivity contribution < 1.29 is 4.92 Å². The maximum Gasteiger partial charge on any atom is 0.295 e. The van der Waals surface area contributed by atoms with E-state index in [2.05, 4.69) is 15.6 Å². The number of nitrogens with one attached hydrogen (secondary N) is 2. The molecule has 0 bridgehead atoms. The van der Waals surface area contributed by atoms with E-state index in [1.807, 2.05) is 12.1 Å². The molecule has 2 aromatic rings. The number of pyridine rings is 1. The quantitative estimate of drug-likeness (QED) is 0.465. The molecule has 0 unspecified atom stereocenters. The Morgan fingerprint density at radius 3 is 2.90 bits per heavy atom. The van der Waals surface area contributed by atoms with Gasteiger partial charge in [0.1, 0.15) is 5.52 Å². The average molecular weight is 286 g/mol. The molecule has 1 heterocycles. The largest absolute Gasteiger partial charge is 0.384 e. The van der Waals surface area contributed by atoms with E-state index in [0.29, 0.717) is 5.52 Å². The number of non-ortho nitro benzene ring substituents is 1. The second-order valence-corrected chi connectivity index (χ2v) is 5.30. The van der Waals surface area contributed by atoms with Gasteiger partial charge in [0, 0.05) is 35.9 Å². The summed E-state index contributed by atoms with van der Waals surface area (Å²) >= 11 is 0. The minimum Gasteiger partial charge on any atom is -0.384 e. The highest BCUT2D eigenvalue weighted by Gasteiger charge is 2.19. The van der Waals surface area contributed by atoms with Gasteiger partial charge >= 0.3 is 0 Å². The number of fused-ring (bicyclic) bond motifs is 1. The number of aromatic nitrogens is 1. The van der Waals surface area contributed by atoms with Crippen molar-refractivity contribution in [1.29, 1.82) is 0 Å². The summed E-state index contributed by atoms with van der Waals surface area (Å²) in [4.78, 5) is 14.8. The molecule has 0 radical (unpaired) electrons. The monoisotopic (exact) mass is 286 g/mol. The highest BCUT2D eigenvalue weighted by molar-refractivity contribution is 5.96. The predicted molar refractivity (Wildman–Crippen MR) is 82.5 cm³/mol. The normalized spacial score (nSPS) is 14.3. The summed E-state index contributed by atoms with van der Waals surface area (Å²) in [5, 5.41) is 18.6. The van der Waals surface area contributed by atoms with Gasteiger partial charge in [0.2, 0.25) is 0 Å². The van der Waals surface area contributed by atoms with Gasteiger partial charge in [-0.3, -0.25) is 10.1 Å². The first-order valence-corrected chi connectivity index (χ1v) is 7.25. The molecule has 3 rings (SSSR count). The van der Waals surface area contributed by atoms with Crippen molar-refractivity contribution in [3.05, 3.63) is 40.6 Å². The molecule has 0 saturated heterocycles. The second-order valence-electron chi connectivity index (χ2n) is 5.30. The summed E-state index contributed by atoms with van der Waals surface area (Å²) in [6.07, 6.45) is 5.23. The third kappa shape index (κ3) is 3.28. The zero-order chi connectivity index (χ0) is 14.7. The van der Waals surface area contributed by atoms with E-state index >= 15 is 0 Å². The van der Waals surface area contributed by atoms with E-state index in [0.717, 1.165) is 36.6 Å². The number of nitro benzene ring substituents is 1. The first kappa shape index (κ1) is 13.8. The van der Waals surface area contributed by atoms with Gasteiger partial charge in [-0.15, -0.1) is 0 Å². The highest BCUT2D eigenvalue weighted by Crippen LogP contribution is 2.28. The molecule has 1 aromatic heterocycles. The SMILES string of the molecule is O=[N+]([O-])c1cccc2c(NCCCNC3CC3)ccnc12. The summed E-state index contributed by atoms with van der Waals surface area (Å²) in [7, 11) is 0. The van der Waals surface area contributed by atoms with Crippen LogP contribution in [0.15, 0.2) is 30.5 Å². The van der Waals surface area contributed by atoms with Crippen LogP contribution in [0.4, 0.5) is 11.4 Å². The highest BCUT2D eigenvalue weighted by atomic mass is 16.6. The van der Waals surface area contributed by atoms with Gasteiger partial charge < -0.3 is 10.6 Å². The van der Waals surface area contributed by atoms with Gasteiger partial charge in [0.15, 0.2) is 0 Å². The molecule has 6 heteroatoms. The number of para-hydroxylation sites is 1. The standard InChI is InChI=1S/C15H18N4O2/c20-19(21)14-4-1-3-12-13(7-10-18-15(12)14)17-9-2-8-16-11-5-6-11/h1,3-4,7,10-11,16H,2,5-6,8-9H2,(H,17,18). The smallest absolute Gasteiger partial charge is 0.295 e. The van der Waals surface area contributed by atoms with Crippen LogP contribution in [0, 0.1) is 10.1 Å². The van der Waals surface area contributed by atoms with Gasteiger partial charge in [-0.2, -0.15) is 0 Å². The maximum absolute atomic E-state index is 11.0. The number of anilines is 1. The van der Waals surface area contributed by atoms with E-state index < -0.39 is 4.92 Å². The van der Waals surface area contributed by atoms with Crippen molar-refractivity contribution in [3.8, 4) is 0 Å². The number of hydrogen-bond acceptors (Lipinski definition) is 5. The van der Waals surface area contributed by atoms with Crippen LogP contribution in [-0.2, 0) is 0 Å². The van der Waals surface area contributed by atoms with E-state index in [4.69, 9.17) is 0 Å². The van der Waals surface area contributed by atoms with E-state index in [-0.39, 0.29) is 5.69 Å². The molecule has 1 saturated carbocycles. The van der Waals surface area contributed by atoms with Crippen molar-refractivity contribution in [3.63, 3.8) is 0 Å². The van der Waals surface area contributed by atoms with Crippen LogP contribution in [0.1, 0.15) is 19.3 Å². The van der Waals surface area contributed by atoms with Crippen LogP contribution < -0.4 is 10.6 Å². The summed E-state index contributed by atoms with van der Waals surface area (Å²) < 4.78 is 0. The van der Waals surface area contributed by atoms with Crippen molar-refractivity contribution in [2.75, 3.05) is 18.4 Å². The Morgan fingerprint density at radius 2 is 2.14 bits per heavy atom. The first-order chi connectivity index (χ1) is 10.3. The molecule has 6 nitrogen and oxygen atoms in total.